The third-order valence-electron chi connectivity index (χ3n) is 5.85. The Kier molecular flexibility index (Phi) is 5.37. The van der Waals surface area contributed by atoms with Crippen molar-refractivity contribution in [1.82, 2.24) is 9.55 Å². The second kappa shape index (κ2) is 7.59. The first kappa shape index (κ1) is 21.2. The first-order chi connectivity index (χ1) is 14.0. The third kappa shape index (κ3) is 4.36. The van der Waals surface area contributed by atoms with E-state index in [0.29, 0.717) is 17.6 Å². The van der Waals surface area contributed by atoms with Crippen LogP contribution in [0.5, 0.6) is 0 Å². The molecule has 1 aromatic heterocycles. The van der Waals surface area contributed by atoms with E-state index in [1.165, 1.54) is 18.6 Å². The van der Waals surface area contributed by atoms with Crippen LogP contribution in [0.25, 0.3) is 11.0 Å². The zero-order valence-electron chi connectivity index (χ0n) is 17.2. The molecule has 1 aliphatic carbocycles. The number of hydrogen-bond donors (Lipinski definition) is 1. The van der Waals surface area contributed by atoms with Crippen LogP contribution in [-0.4, -0.2) is 9.55 Å². The summed E-state index contributed by atoms with van der Waals surface area (Å²) in [6.07, 6.45) is -1.09. The molecule has 0 aliphatic heterocycles. The smallest absolute Gasteiger partial charge is 0.326 e. The van der Waals surface area contributed by atoms with Gasteiger partial charge in [0, 0.05) is 16.2 Å². The lowest BCUT2D eigenvalue weighted by atomic mass is 9.70. The van der Waals surface area contributed by atoms with Gasteiger partial charge in [-0.05, 0) is 73.1 Å². The lowest BCUT2D eigenvalue weighted by molar-refractivity contribution is -0.137. The van der Waals surface area contributed by atoms with Crippen molar-refractivity contribution in [3.63, 3.8) is 0 Å². The van der Waals surface area contributed by atoms with Gasteiger partial charge in [-0.3, -0.25) is 0 Å². The molecule has 2 aromatic carbocycles. The molecule has 160 valence electrons. The number of alkyl halides is 3. The number of nitrogens with zero attached hydrogens (tertiary/aromatic N) is 2. The highest BCUT2D eigenvalue weighted by molar-refractivity contribution is 9.10. The fourth-order valence-electron chi connectivity index (χ4n) is 4.89. The summed E-state index contributed by atoms with van der Waals surface area (Å²) in [7, 11) is 0. The van der Waals surface area contributed by atoms with Crippen molar-refractivity contribution in [2.45, 2.75) is 52.3 Å². The van der Waals surface area contributed by atoms with E-state index in [4.69, 9.17) is 4.98 Å². The Labute approximate surface area is 182 Å². The van der Waals surface area contributed by atoms with E-state index in [1.54, 1.807) is 0 Å². The molecule has 7 heteroatoms. The van der Waals surface area contributed by atoms with Crippen molar-refractivity contribution in [3.8, 4) is 0 Å². The Morgan fingerprint density at radius 3 is 2.43 bits per heavy atom. The normalized spacial score (nSPS) is 21.7. The Morgan fingerprint density at radius 2 is 1.80 bits per heavy atom. The first-order valence-electron chi connectivity index (χ1n) is 10.1. The van der Waals surface area contributed by atoms with Crippen LogP contribution >= 0.6 is 15.9 Å². The summed E-state index contributed by atoms with van der Waals surface area (Å²) in [6.45, 7) is 6.88. The highest BCUT2D eigenvalue weighted by Gasteiger charge is 2.35. The number of hydrogen-bond acceptors (Lipinski definition) is 2. The molecule has 3 aromatic rings. The van der Waals surface area contributed by atoms with Gasteiger partial charge in [-0.25, -0.2) is 4.98 Å². The number of benzene rings is 2. The summed E-state index contributed by atoms with van der Waals surface area (Å²) in [5.74, 6) is 1.25. The molecule has 1 N–H and O–H groups in total. The number of anilines is 2. The first-order valence-corrected chi connectivity index (χ1v) is 10.9. The third-order valence-corrected chi connectivity index (χ3v) is 6.34. The summed E-state index contributed by atoms with van der Waals surface area (Å²) in [5, 5.41) is 3.27. The SMILES string of the molecule is CC1CC(n2c(Nc3ccc(C(F)(F)F)cc3)nc3cc(Br)ccc32)CC(C)(C)C1. The fourth-order valence-corrected chi connectivity index (χ4v) is 5.24. The van der Waals surface area contributed by atoms with Crippen molar-refractivity contribution < 1.29 is 13.2 Å². The van der Waals surface area contributed by atoms with Gasteiger partial charge in [0.2, 0.25) is 5.95 Å². The maximum atomic E-state index is 12.9. The second-order valence-electron chi connectivity index (χ2n) is 9.21. The van der Waals surface area contributed by atoms with Crippen LogP contribution in [0.2, 0.25) is 0 Å². The highest BCUT2D eigenvalue weighted by Crippen LogP contribution is 2.46. The number of halogens is 4. The quantitative estimate of drug-likeness (QED) is 0.412. The molecular formula is C23H25BrF3N3. The lowest BCUT2D eigenvalue weighted by Crippen LogP contribution is -2.29. The molecular weight excluding hydrogens is 455 g/mol. The van der Waals surface area contributed by atoms with E-state index in [-0.39, 0.29) is 11.5 Å². The predicted molar refractivity (Wildman–Crippen MR) is 118 cm³/mol. The predicted octanol–water partition coefficient (Wildman–Crippen LogP) is 7.95. The molecule has 2 unspecified atom stereocenters. The Balaban J connectivity index is 1.75. The zero-order chi connectivity index (χ0) is 21.7. The van der Waals surface area contributed by atoms with Gasteiger partial charge in [-0.1, -0.05) is 36.7 Å². The van der Waals surface area contributed by atoms with Gasteiger partial charge in [0.15, 0.2) is 0 Å². The van der Waals surface area contributed by atoms with E-state index in [1.807, 2.05) is 12.1 Å². The molecule has 3 nitrogen and oxygen atoms in total. The average molecular weight is 480 g/mol. The van der Waals surface area contributed by atoms with Gasteiger partial charge in [-0.15, -0.1) is 0 Å². The molecule has 4 rings (SSSR count). The van der Waals surface area contributed by atoms with Crippen LogP contribution in [0.1, 0.15) is 51.6 Å². The maximum absolute atomic E-state index is 12.9. The van der Waals surface area contributed by atoms with Gasteiger partial charge in [0.1, 0.15) is 0 Å². The molecule has 1 fully saturated rings. The molecule has 0 spiro atoms. The van der Waals surface area contributed by atoms with Crippen LogP contribution in [0.4, 0.5) is 24.8 Å². The van der Waals surface area contributed by atoms with E-state index in [9.17, 15) is 13.2 Å². The largest absolute Gasteiger partial charge is 0.416 e. The summed E-state index contributed by atoms with van der Waals surface area (Å²) in [4.78, 5) is 4.79. The number of fused-ring (bicyclic) bond motifs is 1. The van der Waals surface area contributed by atoms with Gasteiger partial charge in [-0.2, -0.15) is 13.2 Å². The molecule has 0 saturated heterocycles. The minimum Gasteiger partial charge on any atom is -0.326 e. The Hall–Kier alpha value is -2.02. The van der Waals surface area contributed by atoms with E-state index in [0.717, 1.165) is 40.5 Å². The van der Waals surface area contributed by atoms with E-state index in [2.05, 4.69) is 52.7 Å². The fraction of sp³-hybridized carbons (Fsp3) is 0.435. The van der Waals surface area contributed by atoms with Crippen LogP contribution < -0.4 is 5.32 Å². The maximum Gasteiger partial charge on any atom is 0.416 e. The summed E-state index contributed by atoms with van der Waals surface area (Å²) in [5.41, 5.74) is 2.03. The van der Waals surface area contributed by atoms with E-state index >= 15 is 0 Å². The number of aromatic nitrogens is 2. The van der Waals surface area contributed by atoms with Crippen molar-refractivity contribution in [2.75, 3.05) is 5.32 Å². The molecule has 30 heavy (non-hydrogen) atoms. The van der Waals surface area contributed by atoms with Gasteiger partial charge in [0.05, 0.1) is 16.6 Å². The topological polar surface area (TPSA) is 29.9 Å². The lowest BCUT2D eigenvalue weighted by Gasteiger charge is -2.40. The van der Waals surface area contributed by atoms with Crippen LogP contribution in [0.15, 0.2) is 46.9 Å². The molecule has 1 heterocycles. The van der Waals surface area contributed by atoms with Crippen molar-refractivity contribution >= 4 is 38.6 Å². The molecule has 1 saturated carbocycles. The molecule has 0 bridgehead atoms. The zero-order valence-corrected chi connectivity index (χ0v) is 18.8. The van der Waals surface area contributed by atoms with Crippen LogP contribution in [0.3, 0.4) is 0 Å². The summed E-state index contributed by atoms with van der Waals surface area (Å²) >= 11 is 3.51. The van der Waals surface area contributed by atoms with Gasteiger partial charge in [0.25, 0.3) is 0 Å². The van der Waals surface area contributed by atoms with Gasteiger partial charge >= 0.3 is 6.18 Å². The minimum absolute atomic E-state index is 0.222. The van der Waals surface area contributed by atoms with E-state index < -0.39 is 11.7 Å². The highest BCUT2D eigenvalue weighted by atomic mass is 79.9. The Bertz CT molecular complexity index is 1050. The molecule has 1 aliphatic rings. The van der Waals surface area contributed by atoms with Crippen molar-refractivity contribution in [2.24, 2.45) is 11.3 Å². The average Bonchev–Trinajstić information content (AvgIpc) is 2.96. The summed E-state index contributed by atoms with van der Waals surface area (Å²) in [6, 6.07) is 11.4. The monoisotopic (exact) mass is 479 g/mol. The number of rotatable bonds is 3. The number of nitrogens with one attached hydrogen (secondary N) is 1. The summed E-state index contributed by atoms with van der Waals surface area (Å²) < 4.78 is 41.9. The van der Waals surface area contributed by atoms with Crippen LogP contribution in [-0.2, 0) is 6.18 Å². The number of imidazole rings is 1. The van der Waals surface area contributed by atoms with Crippen molar-refractivity contribution in [3.05, 3.63) is 52.5 Å². The van der Waals surface area contributed by atoms with Crippen molar-refractivity contribution in [1.29, 1.82) is 0 Å². The molecule has 0 amide bonds. The Morgan fingerprint density at radius 1 is 1.10 bits per heavy atom. The molecule has 0 radical (unpaired) electrons. The standard InChI is InChI=1S/C23H25BrF3N3/c1-14-10-18(13-22(2,3)12-14)30-20-9-6-16(24)11-19(20)29-21(30)28-17-7-4-15(5-8-17)23(25,26)27/h4-9,11,14,18H,10,12-13H2,1-3H3,(H,28,29). The van der Waals surface area contributed by atoms with Crippen LogP contribution in [0, 0.1) is 11.3 Å². The minimum atomic E-state index is -4.35. The second-order valence-corrected chi connectivity index (χ2v) is 10.1. The molecule has 2 atom stereocenters. The van der Waals surface area contributed by atoms with Gasteiger partial charge < -0.3 is 9.88 Å².